The summed E-state index contributed by atoms with van der Waals surface area (Å²) < 4.78 is 1.03. The maximum absolute atomic E-state index is 5.71. The van der Waals surface area contributed by atoms with Crippen molar-refractivity contribution in [2.45, 2.75) is 6.92 Å². The lowest BCUT2D eigenvalue weighted by Gasteiger charge is -1.85. The topological polar surface area (TPSA) is 64.9 Å². The van der Waals surface area contributed by atoms with E-state index in [1.807, 2.05) is 6.92 Å². The van der Waals surface area contributed by atoms with E-state index in [1.54, 1.807) is 11.3 Å². The highest BCUT2D eigenvalue weighted by Crippen LogP contribution is 2.38. The molecule has 0 atom stereocenters. The number of nitrogens with zero attached hydrogens (tertiary/aromatic N) is 1. The normalized spacial score (nSPS) is 11.0. The van der Waals surface area contributed by atoms with Crippen LogP contribution in [0.25, 0.3) is 9.53 Å². The minimum absolute atomic E-state index is 0.679. The van der Waals surface area contributed by atoms with Crippen molar-refractivity contribution in [1.82, 2.24) is 4.98 Å². The van der Waals surface area contributed by atoms with Crippen LogP contribution in [0, 0.1) is 6.92 Å². The lowest BCUT2D eigenvalue weighted by molar-refractivity contribution is 1.36. The van der Waals surface area contributed by atoms with Crippen LogP contribution in [0.3, 0.4) is 0 Å². The maximum atomic E-state index is 5.71. The number of hydrogen-bond acceptors (Lipinski definition) is 5. The summed E-state index contributed by atoms with van der Waals surface area (Å²) in [7, 11) is 0. The Kier molecular flexibility index (Phi) is 1.30. The van der Waals surface area contributed by atoms with Crippen LogP contribution in [-0.2, 0) is 0 Å². The van der Waals surface area contributed by atoms with Gasteiger partial charge in [0.05, 0.1) is 15.4 Å². The van der Waals surface area contributed by atoms with Gasteiger partial charge in [-0.15, -0.1) is 11.3 Å². The first-order chi connectivity index (χ1) is 5.18. The summed E-state index contributed by atoms with van der Waals surface area (Å²) in [6, 6.07) is 0. The first-order valence-corrected chi connectivity index (χ1v) is 4.72. The molecule has 2 heterocycles. The second-order valence-electron chi connectivity index (χ2n) is 2.25. The molecule has 58 valence electrons. The molecule has 3 nitrogen and oxygen atoms in total. The predicted molar refractivity (Wildman–Crippen MR) is 51.1 cm³/mol. The molecule has 0 aliphatic rings. The molecular weight excluding hydrogens is 178 g/mol. The summed E-state index contributed by atoms with van der Waals surface area (Å²) in [5.74, 6) is 0. The van der Waals surface area contributed by atoms with E-state index in [2.05, 4.69) is 4.98 Å². The number of thiophene rings is 1. The number of thiazole rings is 1. The highest BCUT2D eigenvalue weighted by molar-refractivity contribution is 7.30. The van der Waals surface area contributed by atoms with Gasteiger partial charge in [0, 0.05) is 0 Å². The van der Waals surface area contributed by atoms with E-state index in [4.69, 9.17) is 11.5 Å². The third-order valence-corrected chi connectivity index (χ3v) is 3.48. The number of nitrogens with two attached hydrogens (primary N) is 2. The van der Waals surface area contributed by atoms with Gasteiger partial charge in [0.2, 0.25) is 0 Å². The first kappa shape index (κ1) is 6.87. The molecule has 0 unspecified atom stereocenters. The van der Waals surface area contributed by atoms with Crippen molar-refractivity contribution in [2.75, 3.05) is 11.5 Å². The monoisotopic (exact) mass is 185 g/mol. The molecule has 4 N–H and O–H groups in total. The highest BCUT2D eigenvalue weighted by atomic mass is 32.1. The molecule has 0 radical (unpaired) electrons. The van der Waals surface area contributed by atoms with Gasteiger partial charge in [0.1, 0.15) is 9.83 Å². The fourth-order valence-electron chi connectivity index (χ4n) is 0.918. The second kappa shape index (κ2) is 2.09. The minimum atomic E-state index is 0.679. The molecular formula is C6H7N3S2. The zero-order chi connectivity index (χ0) is 8.01. The molecule has 0 aliphatic heterocycles. The van der Waals surface area contributed by atoms with Gasteiger partial charge in [0.15, 0.2) is 0 Å². The van der Waals surface area contributed by atoms with E-state index < -0.39 is 0 Å². The molecule has 0 amide bonds. The Bertz CT molecular complexity index is 401. The molecule has 2 aromatic rings. The van der Waals surface area contributed by atoms with Gasteiger partial charge in [-0.2, -0.15) is 0 Å². The average Bonchev–Trinajstić information content (AvgIpc) is 2.37. The van der Waals surface area contributed by atoms with Crippen LogP contribution in [0.4, 0.5) is 10.7 Å². The number of nitrogen functional groups attached to an aromatic ring is 2. The Morgan fingerprint density at radius 1 is 1.27 bits per heavy atom. The van der Waals surface area contributed by atoms with Crippen LogP contribution in [0.1, 0.15) is 5.01 Å². The average molecular weight is 185 g/mol. The largest absolute Gasteiger partial charge is 0.395 e. The van der Waals surface area contributed by atoms with Crippen LogP contribution in [-0.4, -0.2) is 4.98 Å². The van der Waals surface area contributed by atoms with Gasteiger partial charge in [-0.1, -0.05) is 11.3 Å². The standard InChI is InChI=1S/C6H7N3S2/c1-2-9-6-4(10-2)3(7)5(8)11-6/h7-8H2,1H3. The number of rotatable bonds is 0. The Balaban J connectivity index is 2.88. The Labute approximate surface area is 71.7 Å². The third-order valence-electron chi connectivity index (χ3n) is 1.42. The van der Waals surface area contributed by atoms with Gasteiger partial charge in [-0.3, -0.25) is 0 Å². The van der Waals surface area contributed by atoms with Gasteiger partial charge in [0.25, 0.3) is 0 Å². The molecule has 0 bridgehead atoms. The summed E-state index contributed by atoms with van der Waals surface area (Å²) in [4.78, 5) is 5.23. The van der Waals surface area contributed by atoms with Crippen LogP contribution in [0.15, 0.2) is 0 Å². The van der Waals surface area contributed by atoms with Crippen molar-refractivity contribution in [2.24, 2.45) is 0 Å². The van der Waals surface area contributed by atoms with Crippen molar-refractivity contribution in [3.05, 3.63) is 5.01 Å². The van der Waals surface area contributed by atoms with Gasteiger partial charge in [-0.05, 0) is 6.92 Å². The van der Waals surface area contributed by atoms with Crippen LogP contribution in [0.2, 0.25) is 0 Å². The van der Waals surface area contributed by atoms with E-state index in [9.17, 15) is 0 Å². The zero-order valence-electron chi connectivity index (χ0n) is 5.92. The number of fused-ring (bicyclic) bond motifs is 1. The summed E-state index contributed by atoms with van der Waals surface area (Å²) in [5, 5.41) is 1.72. The quantitative estimate of drug-likeness (QED) is 0.658. The minimum Gasteiger partial charge on any atom is -0.395 e. The molecule has 2 aromatic heterocycles. The number of hydrogen-bond donors (Lipinski definition) is 2. The van der Waals surface area contributed by atoms with Crippen LogP contribution in [0.5, 0.6) is 0 Å². The fourth-order valence-corrected chi connectivity index (χ4v) is 2.88. The molecule has 0 saturated heterocycles. The SMILES string of the molecule is Cc1nc2sc(N)c(N)c2s1. The van der Waals surface area contributed by atoms with Crippen molar-refractivity contribution < 1.29 is 0 Å². The summed E-state index contributed by atoms with van der Waals surface area (Å²) >= 11 is 3.05. The molecule has 0 spiro atoms. The lowest BCUT2D eigenvalue weighted by atomic mass is 10.5. The molecule has 2 rings (SSSR count). The molecule has 5 heteroatoms. The predicted octanol–water partition coefficient (Wildman–Crippen LogP) is 1.83. The third kappa shape index (κ3) is 0.883. The maximum Gasteiger partial charge on any atom is 0.138 e. The van der Waals surface area contributed by atoms with E-state index in [0.717, 1.165) is 14.5 Å². The molecule has 0 aliphatic carbocycles. The second-order valence-corrected chi connectivity index (χ2v) is 4.48. The molecule has 0 aromatic carbocycles. The smallest absolute Gasteiger partial charge is 0.138 e. The van der Waals surface area contributed by atoms with E-state index in [-0.39, 0.29) is 0 Å². The van der Waals surface area contributed by atoms with Gasteiger partial charge >= 0.3 is 0 Å². The highest BCUT2D eigenvalue weighted by Gasteiger charge is 2.09. The summed E-state index contributed by atoms with van der Waals surface area (Å²) in [6.07, 6.45) is 0. The van der Waals surface area contributed by atoms with E-state index >= 15 is 0 Å². The van der Waals surface area contributed by atoms with Crippen molar-refractivity contribution in [1.29, 1.82) is 0 Å². The Hall–Kier alpha value is -0.810. The van der Waals surface area contributed by atoms with Crippen LogP contribution < -0.4 is 11.5 Å². The summed E-state index contributed by atoms with van der Waals surface area (Å²) in [6.45, 7) is 1.97. The van der Waals surface area contributed by atoms with Crippen molar-refractivity contribution in [3.8, 4) is 0 Å². The Morgan fingerprint density at radius 3 is 2.64 bits per heavy atom. The molecule has 11 heavy (non-hydrogen) atoms. The van der Waals surface area contributed by atoms with Gasteiger partial charge < -0.3 is 11.5 Å². The molecule has 0 fully saturated rings. The fraction of sp³-hybridized carbons (Fsp3) is 0.167. The first-order valence-electron chi connectivity index (χ1n) is 3.09. The number of anilines is 2. The lowest BCUT2D eigenvalue weighted by Crippen LogP contribution is -1.87. The Morgan fingerprint density at radius 2 is 2.00 bits per heavy atom. The summed E-state index contributed by atoms with van der Waals surface area (Å²) in [5.41, 5.74) is 12.0. The number of aromatic nitrogens is 1. The van der Waals surface area contributed by atoms with Crippen molar-refractivity contribution >= 4 is 42.9 Å². The van der Waals surface area contributed by atoms with E-state index in [0.29, 0.717) is 10.7 Å². The zero-order valence-corrected chi connectivity index (χ0v) is 7.55. The van der Waals surface area contributed by atoms with Crippen LogP contribution >= 0.6 is 22.7 Å². The van der Waals surface area contributed by atoms with Gasteiger partial charge in [-0.25, -0.2) is 4.98 Å². The molecule has 0 saturated carbocycles. The van der Waals surface area contributed by atoms with E-state index in [1.165, 1.54) is 11.3 Å². The van der Waals surface area contributed by atoms with Crippen molar-refractivity contribution in [3.63, 3.8) is 0 Å². The number of aryl methyl sites for hydroxylation is 1.